The Morgan fingerprint density at radius 2 is 1.86 bits per heavy atom. The Morgan fingerprint density at radius 1 is 1.05 bits per heavy atom. The zero-order valence-electron chi connectivity index (χ0n) is 12.7. The van der Waals surface area contributed by atoms with Gasteiger partial charge in [0.1, 0.15) is 0 Å². The van der Waals surface area contributed by atoms with E-state index in [1.165, 1.54) is 24.9 Å². The van der Waals surface area contributed by atoms with Gasteiger partial charge in [-0.05, 0) is 49.9 Å². The zero-order valence-corrected chi connectivity index (χ0v) is 12.7. The fraction of sp³-hybridized carbons (Fsp3) is 0.529. The summed E-state index contributed by atoms with van der Waals surface area (Å²) in [5, 5.41) is 4.11. The van der Waals surface area contributed by atoms with E-state index in [4.69, 9.17) is 9.26 Å². The number of aromatic nitrogens is 2. The number of nitrogens with zero attached hydrogens (tertiary/aromatic N) is 3. The maximum atomic E-state index is 5.42. The molecule has 2 saturated heterocycles. The summed E-state index contributed by atoms with van der Waals surface area (Å²) >= 11 is 0. The molecule has 22 heavy (non-hydrogen) atoms. The van der Waals surface area contributed by atoms with E-state index in [-0.39, 0.29) is 5.92 Å². The van der Waals surface area contributed by atoms with Crippen LogP contribution >= 0.6 is 0 Å². The number of piperidine rings is 1. The Bertz CT molecular complexity index is 611. The highest BCUT2D eigenvalue weighted by molar-refractivity contribution is 5.59. The molecule has 3 heterocycles. The lowest BCUT2D eigenvalue weighted by molar-refractivity contribution is 0.192. The number of rotatable bonds is 3. The average molecular weight is 299 g/mol. The van der Waals surface area contributed by atoms with Crippen LogP contribution in [0.2, 0.25) is 0 Å². The maximum Gasteiger partial charge on any atom is 0.257 e. The summed E-state index contributed by atoms with van der Waals surface area (Å²) in [5.74, 6) is 1.66. The molecule has 0 saturated carbocycles. The van der Waals surface area contributed by atoms with E-state index in [2.05, 4.69) is 39.3 Å². The van der Waals surface area contributed by atoms with Crippen LogP contribution in [0.15, 0.2) is 28.8 Å². The van der Waals surface area contributed by atoms with Gasteiger partial charge in [-0.25, -0.2) is 0 Å². The molecule has 1 aromatic carbocycles. The monoisotopic (exact) mass is 299 g/mol. The Kier molecular flexibility index (Phi) is 3.81. The molecule has 2 fully saturated rings. The molecule has 0 N–H and O–H groups in total. The van der Waals surface area contributed by atoms with Gasteiger partial charge in [-0.2, -0.15) is 4.98 Å². The van der Waals surface area contributed by atoms with Crippen LogP contribution in [0.1, 0.15) is 37.4 Å². The van der Waals surface area contributed by atoms with Crippen molar-refractivity contribution in [2.24, 2.45) is 0 Å². The third-order valence-corrected chi connectivity index (χ3v) is 4.57. The Hall–Kier alpha value is -1.88. The quantitative estimate of drug-likeness (QED) is 0.871. The van der Waals surface area contributed by atoms with Gasteiger partial charge in [-0.15, -0.1) is 0 Å². The summed E-state index contributed by atoms with van der Waals surface area (Å²) in [6.45, 7) is 3.81. The van der Waals surface area contributed by atoms with Crippen molar-refractivity contribution in [2.45, 2.75) is 31.6 Å². The second-order valence-electron chi connectivity index (χ2n) is 6.11. The van der Waals surface area contributed by atoms with Gasteiger partial charge in [0.05, 0.1) is 6.61 Å². The average Bonchev–Trinajstić information content (AvgIpc) is 3.27. The third-order valence-electron chi connectivity index (χ3n) is 4.57. The molecule has 0 radical (unpaired) electrons. The topological polar surface area (TPSA) is 51.4 Å². The minimum Gasteiger partial charge on any atom is -0.381 e. The van der Waals surface area contributed by atoms with Crippen molar-refractivity contribution in [3.63, 3.8) is 0 Å². The molecule has 0 aliphatic carbocycles. The Labute approximate surface area is 130 Å². The highest BCUT2D eigenvalue weighted by Crippen LogP contribution is 2.27. The molecular weight excluding hydrogens is 278 g/mol. The molecule has 116 valence electrons. The van der Waals surface area contributed by atoms with Crippen LogP contribution in [0.5, 0.6) is 0 Å². The lowest BCUT2D eigenvalue weighted by Crippen LogP contribution is -2.29. The van der Waals surface area contributed by atoms with E-state index >= 15 is 0 Å². The summed E-state index contributed by atoms with van der Waals surface area (Å²) in [6.07, 6.45) is 4.91. The van der Waals surface area contributed by atoms with Crippen molar-refractivity contribution < 1.29 is 9.26 Å². The molecule has 4 rings (SSSR count). The predicted octanol–water partition coefficient (Wildman–Crippen LogP) is 3.23. The summed E-state index contributed by atoms with van der Waals surface area (Å²) in [6, 6.07) is 8.46. The van der Waals surface area contributed by atoms with Crippen molar-refractivity contribution in [3.8, 4) is 11.5 Å². The standard InChI is InChI=1S/C17H21N3O2/c1-2-9-20(10-3-1)15-6-4-13(5-7-15)17-18-16(19-22-17)14-8-11-21-12-14/h4-7,14H,1-3,8-12H2/t14-/m1/s1. The van der Waals surface area contributed by atoms with Crippen molar-refractivity contribution >= 4 is 5.69 Å². The molecule has 2 aromatic rings. The van der Waals surface area contributed by atoms with E-state index in [1.807, 2.05) is 0 Å². The summed E-state index contributed by atoms with van der Waals surface area (Å²) in [4.78, 5) is 6.98. The lowest BCUT2D eigenvalue weighted by atomic mass is 10.1. The largest absolute Gasteiger partial charge is 0.381 e. The zero-order chi connectivity index (χ0) is 14.8. The van der Waals surface area contributed by atoms with Gasteiger partial charge < -0.3 is 14.2 Å². The Morgan fingerprint density at radius 3 is 2.59 bits per heavy atom. The molecule has 2 aliphatic heterocycles. The van der Waals surface area contributed by atoms with Crippen LogP contribution in [-0.2, 0) is 4.74 Å². The second-order valence-corrected chi connectivity index (χ2v) is 6.11. The smallest absolute Gasteiger partial charge is 0.257 e. The number of hydrogen-bond acceptors (Lipinski definition) is 5. The predicted molar refractivity (Wildman–Crippen MR) is 84.0 cm³/mol. The number of anilines is 1. The molecule has 0 amide bonds. The minimum atomic E-state index is 0.283. The third kappa shape index (κ3) is 2.73. The molecule has 1 atom stereocenters. The molecule has 5 nitrogen and oxygen atoms in total. The van der Waals surface area contributed by atoms with Gasteiger partial charge in [-0.3, -0.25) is 0 Å². The van der Waals surface area contributed by atoms with E-state index in [0.717, 1.165) is 37.5 Å². The van der Waals surface area contributed by atoms with Gasteiger partial charge in [0.15, 0.2) is 5.82 Å². The number of ether oxygens (including phenoxy) is 1. The molecule has 5 heteroatoms. The summed E-state index contributed by atoms with van der Waals surface area (Å²) < 4.78 is 10.8. The van der Waals surface area contributed by atoms with Crippen molar-refractivity contribution in [1.29, 1.82) is 0 Å². The highest BCUT2D eigenvalue weighted by atomic mass is 16.5. The highest BCUT2D eigenvalue weighted by Gasteiger charge is 2.23. The van der Waals surface area contributed by atoms with Gasteiger partial charge in [0.25, 0.3) is 5.89 Å². The van der Waals surface area contributed by atoms with E-state index in [1.54, 1.807) is 0 Å². The molecule has 0 bridgehead atoms. The fourth-order valence-electron chi connectivity index (χ4n) is 3.22. The van der Waals surface area contributed by atoms with Crippen molar-refractivity contribution in [1.82, 2.24) is 10.1 Å². The van der Waals surface area contributed by atoms with E-state index < -0.39 is 0 Å². The first-order chi connectivity index (χ1) is 10.9. The number of benzene rings is 1. The molecule has 2 aliphatic rings. The van der Waals surface area contributed by atoms with Gasteiger partial charge >= 0.3 is 0 Å². The van der Waals surface area contributed by atoms with Crippen molar-refractivity contribution in [2.75, 3.05) is 31.2 Å². The minimum absolute atomic E-state index is 0.283. The molecule has 0 spiro atoms. The van der Waals surface area contributed by atoms with Crippen LogP contribution in [0, 0.1) is 0 Å². The van der Waals surface area contributed by atoms with Gasteiger partial charge in [-0.1, -0.05) is 5.16 Å². The molecule has 1 aromatic heterocycles. The van der Waals surface area contributed by atoms with Gasteiger partial charge in [0.2, 0.25) is 0 Å². The first kappa shape index (κ1) is 13.8. The summed E-state index contributed by atoms with van der Waals surface area (Å²) in [7, 11) is 0. The normalized spacial score (nSPS) is 22.2. The fourth-order valence-corrected chi connectivity index (χ4v) is 3.22. The van der Waals surface area contributed by atoms with Crippen LogP contribution in [0.3, 0.4) is 0 Å². The van der Waals surface area contributed by atoms with E-state index in [0.29, 0.717) is 12.5 Å². The first-order valence-corrected chi connectivity index (χ1v) is 8.17. The lowest BCUT2D eigenvalue weighted by Gasteiger charge is -2.28. The maximum absolute atomic E-state index is 5.42. The summed E-state index contributed by atoms with van der Waals surface area (Å²) in [5.41, 5.74) is 2.27. The van der Waals surface area contributed by atoms with Gasteiger partial charge in [0, 0.05) is 36.9 Å². The van der Waals surface area contributed by atoms with Crippen LogP contribution < -0.4 is 4.90 Å². The SMILES string of the molecule is c1cc(N2CCCCC2)ccc1-c1nc([C@@H]2CCOC2)no1. The number of hydrogen-bond donors (Lipinski definition) is 0. The molecular formula is C17H21N3O2. The van der Waals surface area contributed by atoms with Crippen LogP contribution in [0.25, 0.3) is 11.5 Å². The Balaban J connectivity index is 1.50. The second kappa shape index (κ2) is 6.08. The van der Waals surface area contributed by atoms with Crippen LogP contribution in [0.4, 0.5) is 5.69 Å². The van der Waals surface area contributed by atoms with E-state index in [9.17, 15) is 0 Å². The van der Waals surface area contributed by atoms with Crippen molar-refractivity contribution in [3.05, 3.63) is 30.1 Å². The first-order valence-electron chi connectivity index (χ1n) is 8.17. The van der Waals surface area contributed by atoms with Crippen LogP contribution in [-0.4, -0.2) is 36.4 Å². The molecule has 0 unspecified atom stereocenters.